The Labute approximate surface area is 199 Å². The summed E-state index contributed by atoms with van der Waals surface area (Å²) in [5.74, 6) is -1.36. The Morgan fingerprint density at radius 2 is 1.59 bits per heavy atom. The molecule has 1 saturated carbocycles. The van der Waals surface area contributed by atoms with Crippen LogP contribution in [0.5, 0.6) is 0 Å². The number of benzene rings is 2. The zero-order chi connectivity index (χ0) is 24.3. The zero-order valence-corrected chi connectivity index (χ0v) is 19.7. The van der Waals surface area contributed by atoms with Crippen LogP contribution in [0.15, 0.2) is 48.5 Å². The van der Waals surface area contributed by atoms with Crippen LogP contribution in [0.25, 0.3) is 11.1 Å². The molecule has 2 aliphatic rings. The van der Waals surface area contributed by atoms with Crippen molar-refractivity contribution in [2.75, 3.05) is 13.2 Å². The van der Waals surface area contributed by atoms with Crippen molar-refractivity contribution < 1.29 is 24.2 Å². The van der Waals surface area contributed by atoms with E-state index in [0.29, 0.717) is 19.3 Å². The summed E-state index contributed by atoms with van der Waals surface area (Å²) in [5, 5.41) is 15.1. The molecule has 3 N–H and O–H groups in total. The number of fused-ring (bicyclic) bond motifs is 3. The molecule has 7 heteroatoms. The normalized spacial score (nSPS) is 17.8. The molecule has 0 aromatic heterocycles. The molecule has 0 bridgehead atoms. The zero-order valence-electron chi connectivity index (χ0n) is 19.7. The first-order chi connectivity index (χ1) is 16.3. The van der Waals surface area contributed by atoms with Crippen LogP contribution in [0, 0.1) is 5.41 Å². The number of ether oxygens (including phenoxy) is 1. The molecule has 2 amide bonds. The van der Waals surface area contributed by atoms with Crippen LogP contribution in [0.4, 0.5) is 4.79 Å². The fraction of sp³-hybridized carbons (Fsp3) is 0.444. The molecule has 34 heavy (non-hydrogen) atoms. The highest BCUT2D eigenvalue weighted by Crippen LogP contribution is 2.44. The van der Waals surface area contributed by atoms with Gasteiger partial charge in [-0.1, -0.05) is 68.3 Å². The van der Waals surface area contributed by atoms with Crippen LogP contribution >= 0.6 is 0 Å². The molecule has 0 radical (unpaired) electrons. The number of carbonyl (C=O) groups is 3. The van der Waals surface area contributed by atoms with Crippen molar-refractivity contribution in [3.8, 4) is 11.1 Å². The van der Waals surface area contributed by atoms with Crippen LogP contribution in [-0.4, -0.2) is 41.8 Å². The van der Waals surface area contributed by atoms with Gasteiger partial charge >= 0.3 is 12.1 Å². The van der Waals surface area contributed by atoms with E-state index < -0.39 is 28.9 Å². The van der Waals surface area contributed by atoms with Crippen molar-refractivity contribution >= 4 is 18.0 Å². The van der Waals surface area contributed by atoms with Gasteiger partial charge in [0.1, 0.15) is 12.1 Å². The number of hydrogen-bond donors (Lipinski definition) is 3. The van der Waals surface area contributed by atoms with Crippen molar-refractivity contribution in [2.24, 2.45) is 5.41 Å². The van der Waals surface area contributed by atoms with E-state index in [1.54, 1.807) is 13.8 Å². The summed E-state index contributed by atoms with van der Waals surface area (Å²) in [6.45, 7) is 3.64. The van der Waals surface area contributed by atoms with E-state index in [2.05, 4.69) is 22.8 Å². The molecule has 180 valence electrons. The summed E-state index contributed by atoms with van der Waals surface area (Å²) >= 11 is 0. The van der Waals surface area contributed by atoms with E-state index >= 15 is 0 Å². The molecular formula is C27H32N2O5. The predicted octanol–water partition coefficient (Wildman–Crippen LogP) is 4.46. The van der Waals surface area contributed by atoms with Crippen LogP contribution in [0.1, 0.15) is 63.0 Å². The Kier molecular flexibility index (Phi) is 6.64. The summed E-state index contributed by atoms with van der Waals surface area (Å²) in [6.07, 6.45) is 2.44. The summed E-state index contributed by atoms with van der Waals surface area (Å²) < 4.78 is 5.60. The molecule has 0 heterocycles. The maximum atomic E-state index is 13.0. The molecule has 1 atom stereocenters. The number of aliphatic carboxylic acids is 1. The van der Waals surface area contributed by atoms with E-state index in [1.807, 2.05) is 36.4 Å². The maximum Gasteiger partial charge on any atom is 0.408 e. The topological polar surface area (TPSA) is 105 Å². The highest BCUT2D eigenvalue weighted by Gasteiger charge is 2.43. The van der Waals surface area contributed by atoms with Gasteiger partial charge in [-0.25, -0.2) is 4.79 Å². The van der Waals surface area contributed by atoms with Gasteiger partial charge < -0.3 is 20.5 Å². The SMILES string of the molecule is CCC(C)(NC(=O)OCC1c2ccccc2-c2ccccc21)C(=O)NCC1(C(=O)O)CCCC1. The van der Waals surface area contributed by atoms with Crippen molar-refractivity contribution in [3.63, 3.8) is 0 Å². The fourth-order valence-corrected chi connectivity index (χ4v) is 5.13. The number of carbonyl (C=O) groups excluding carboxylic acids is 2. The minimum absolute atomic E-state index is 0.0587. The Bertz CT molecular complexity index is 1050. The third-order valence-corrected chi connectivity index (χ3v) is 7.53. The van der Waals surface area contributed by atoms with Crippen LogP contribution in [0.2, 0.25) is 0 Å². The summed E-state index contributed by atoms with van der Waals surface area (Å²) in [7, 11) is 0. The smallest absolute Gasteiger partial charge is 0.408 e. The number of nitrogens with one attached hydrogen (secondary N) is 2. The summed E-state index contributed by atoms with van der Waals surface area (Å²) in [5.41, 5.74) is 2.38. The number of carboxylic acids is 1. The van der Waals surface area contributed by atoms with Crippen molar-refractivity contribution in [1.82, 2.24) is 10.6 Å². The molecular weight excluding hydrogens is 432 g/mol. The summed E-state index contributed by atoms with van der Waals surface area (Å²) in [4.78, 5) is 37.5. The molecule has 0 saturated heterocycles. The Morgan fingerprint density at radius 3 is 2.12 bits per heavy atom. The van der Waals surface area contributed by atoms with Gasteiger partial charge in [-0.15, -0.1) is 0 Å². The lowest BCUT2D eigenvalue weighted by atomic mass is 9.85. The molecule has 7 nitrogen and oxygen atoms in total. The minimum atomic E-state index is -1.21. The quantitative estimate of drug-likeness (QED) is 0.535. The van der Waals surface area contributed by atoms with Gasteiger partial charge in [0.2, 0.25) is 5.91 Å². The van der Waals surface area contributed by atoms with E-state index in [4.69, 9.17) is 4.74 Å². The van der Waals surface area contributed by atoms with Gasteiger partial charge in [-0.3, -0.25) is 9.59 Å². The third kappa shape index (κ3) is 4.39. The van der Waals surface area contributed by atoms with Gasteiger partial charge in [0.05, 0.1) is 5.41 Å². The molecule has 2 aliphatic carbocycles. The lowest BCUT2D eigenvalue weighted by molar-refractivity contribution is -0.148. The first kappa shape index (κ1) is 23.8. The molecule has 0 spiro atoms. The second-order valence-electron chi connectivity index (χ2n) is 9.61. The maximum absolute atomic E-state index is 13.0. The molecule has 2 aromatic rings. The average Bonchev–Trinajstić information content (AvgIpc) is 3.45. The highest BCUT2D eigenvalue weighted by atomic mass is 16.5. The molecule has 1 fully saturated rings. The number of amides is 2. The van der Waals surface area contributed by atoms with E-state index in [0.717, 1.165) is 35.1 Å². The second kappa shape index (κ2) is 9.49. The average molecular weight is 465 g/mol. The van der Waals surface area contributed by atoms with Gasteiger partial charge in [-0.05, 0) is 48.4 Å². The van der Waals surface area contributed by atoms with Gasteiger partial charge in [0.15, 0.2) is 0 Å². The number of rotatable bonds is 8. The largest absolute Gasteiger partial charge is 0.481 e. The fourth-order valence-electron chi connectivity index (χ4n) is 5.13. The minimum Gasteiger partial charge on any atom is -0.481 e. The first-order valence-corrected chi connectivity index (χ1v) is 11.9. The summed E-state index contributed by atoms with van der Waals surface area (Å²) in [6, 6.07) is 16.2. The highest BCUT2D eigenvalue weighted by molar-refractivity contribution is 5.90. The van der Waals surface area contributed by atoms with Crippen molar-refractivity contribution in [3.05, 3.63) is 59.7 Å². The number of carboxylic acid groups (broad SMARTS) is 1. The number of alkyl carbamates (subject to hydrolysis) is 1. The first-order valence-electron chi connectivity index (χ1n) is 11.9. The van der Waals surface area contributed by atoms with Gasteiger partial charge in [0.25, 0.3) is 0 Å². The van der Waals surface area contributed by atoms with Crippen molar-refractivity contribution in [1.29, 1.82) is 0 Å². The van der Waals surface area contributed by atoms with E-state index in [1.165, 1.54) is 0 Å². The Balaban J connectivity index is 1.39. The predicted molar refractivity (Wildman–Crippen MR) is 128 cm³/mol. The van der Waals surface area contributed by atoms with Gasteiger partial charge in [0, 0.05) is 12.5 Å². The van der Waals surface area contributed by atoms with Crippen LogP contribution in [-0.2, 0) is 14.3 Å². The van der Waals surface area contributed by atoms with Crippen molar-refractivity contribution in [2.45, 2.75) is 57.4 Å². The Hall–Kier alpha value is -3.35. The van der Waals surface area contributed by atoms with Crippen LogP contribution < -0.4 is 10.6 Å². The molecule has 2 aromatic carbocycles. The van der Waals surface area contributed by atoms with E-state index in [-0.39, 0.29) is 19.1 Å². The third-order valence-electron chi connectivity index (χ3n) is 7.53. The van der Waals surface area contributed by atoms with Gasteiger partial charge in [-0.2, -0.15) is 0 Å². The molecule has 4 rings (SSSR count). The standard InChI is InChI=1S/C27H32N2O5/c1-3-26(2,23(30)28-17-27(24(31)32)14-8-9-15-27)29-25(33)34-16-22-20-12-6-4-10-18(20)19-11-5-7-13-21(19)22/h4-7,10-13,22H,3,8-9,14-17H2,1-2H3,(H,28,30)(H,29,33)(H,31,32). The monoisotopic (exact) mass is 464 g/mol. The lowest BCUT2D eigenvalue weighted by Gasteiger charge is -2.31. The Morgan fingerprint density at radius 1 is 1.03 bits per heavy atom. The second-order valence-corrected chi connectivity index (χ2v) is 9.61. The van der Waals surface area contributed by atoms with Crippen LogP contribution in [0.3, 0.4) is 0 Å². The molecule has 0 aliphatic heterocycles. The van der Waals surface area contributed by atoms with E-state index in [9.17, 15) is 19.5 Å². The lowest BCUT2D eigenvalue weighted by Crippen LogP contribution is -2.58. The molecule has 1 unspecified atom stereocenters. The number of hydrogen-bond acceptors (Lipinski definition) is 4.